The smallest absolute Gasteiger partial charge is 0.326 e. The van der Waals surface area contributed by atoms with E-state index in [1.165, 1.54) is 13.2 Å². The lowest BCUT2D eigenvalue weighted by Crippen LogP contribution is -2.36. The van der Waals surface area contributed by atoms with E-state index in [9.17, 15) is 18.3 Å². The molecule has 1 aliphatic heterocycles. The summed E-state index contributed by atoms with van der Waals surface area (Å²) in [6.07, 6.45) is 3.83. The highest BCUT2D eigenvalue weighted by Gasteiger charge is 2.36. The number of carboxylic acid groups (broad SMARTS) is 1. The van der Waals surface area contributed by atoms with Crippen molar-refractivity contribution in [2.24, 2.45) is 0 Å². The first-order valence-corrected chi connectivity index (χ1v) is 9.17. The average molecular weight is 349 g/mol. The zero-order valence-corrected chi connectivity index (χ0v) is 14.1. The second-order valence-corrected chi connectivity index (χ2v) is 7.77. The summed E-state index contributed by atoms with van der Waals surface area (Å²) in [5.41, 5.74) is 1.07. The molecule has 2 aromatic rings. The van der Waals surface area contributed by atoms with Crippen LogP contribution < -0.4 is 0 Å². The van der Waals surface area contributed by atoms with E-state index in [0.717, 1.165) is 17.1 Å². The van der Waals surface area contributed by atoms with Crippen LogP contribution in [0.5, 0.6) is 0 Å². The molecule has 0 fully saturated rings. The van der Waals surface area contributed by atoms with Crippen molar-refractivity contribution in [1.29, 1.82) is 0 Å². The van der Waals surface area contributed by atoms with E-state index in [-0.39, 0.29) is 4.90 Å². The monoisotopic (exact) mass is 349 g/mol. The fourth-order valence-electron chi connectivity index (χ4n) is 3.05. The standard InChI is InChI=1S/C16H19N3O4S/c1-18(15(16(20)21)12-7-3-2-4-8-12)24(22,23)14-11-17-19-10-6-5-9-13(14)19/h2-4,7-8,11,15H,5-6,9-10H2,1H3,(H,20,21). The summed E-state index contributed by atoms with van der Waals surface area (Å²) in [5, 5.41) is 13.7. The van der Waals surface area contributed by atoms with Gasteiger partial charge in [0.1, 0.15) is 10.9 Å². The third-order valence-electron chi connectivity index (χ3n) is 4.31. The maximum Gasteiger partial charge on any atom is 0.326 e. The number of nitrogens with zero attached hydrogens (tertiary/aromatic N) is 3. The van der Waals surface area contributed by atoms with Crippen LogP contribution in [0.15, 0.2) is 41.4 Å². The molecule has 7 nitrogen and oxygen atoms in total. The van der Waals surface area contributed by atoms with E-state index in [2.05, 4.69) is 5.10 Å². The molecule has 1 aliphatic rings. The van der Waals surface area contributed by atoms with E-state index < -0.39 is 22.0 Å². The normalized spacial score (nSPS) is 15.9. The number of hydrogen-bond donors (Lipinski definition) is 1. The van der Waals surface area contributed by atoms with Crippen LogP contribution in [0.1, 0.15) is 30.1 Å². The number of carboxylic acids is 1. The summed E-state index contributed by atoms with van der Waals surface area (Å²) < 4.78 is 28.6. The number of rotatable bonds is 5. The minimum absolute atomic E-state index is 0.104. The highest BCUT2D eigenvalue weighted by atomic mass is 32.2. The Labute approximate surface area is 140 Å². The van der Waals surface area contributed by atoms with E-state index in [1.807, 2.05) is 0 Å². The molecule has 1 aromatic heterocycles. The molecule has 0 radical (unpaired) electrons. The van der Waals surface area contributed by atoms with E-state index in [0.29, 0.717) is 24.2 Å². The SMILES string of the molecule is CN(C(C(=O)O)c1ccccc1)S(=O)(=O)c1cnn2c1CCCC2. The summed E-state index contributed by atoms with van der Waals surface area (Å²) in [7, 11) is -2.66. The third-order valence-corrected chi connectivity index (χ3v) is 6.18. The second kappa shape index (κ2) is 6.37. The van der Waals surface area contributed by atoms with Gasteiger partial charge < -0.3 is 5.11 Å². The van der Waals surface area contributed by atoms with Gasteiger partial charge in [0.05, 0.1) is 11.9 Å². The molecular formula is C16H19N3O4S. The quantitative estimate of drug-likeness (QED) is 0.886. The van der Waals surface area contributed by atoms with Gasteiger partial charge in [0, 0.05) is 13.6 Å². The van der Waals surface area contributed by atoms with Gasteiger partial charge in [-0.1, -0.05) is 30.3 Å². The molecule has 1 aromatic carbocycles. The topological polar surface area (TPSA) is 92.5 Å². The molecule has 2 heterocycles. The number of likely N-dealkylation sites (N-methyl/N-ethyl adjacent to an activating group) is 1. The van der Waals surface area contributed by atoms with Gasteiger partial charge in [-0.3, -0.25) is 9.48 Å². The van der Waals surface area contributed by atoms with Crippen molar-refractivity contribution in [3.05, 3.63) is 47.8 Å². The number of fused-ring (bicyclic) bond motifs is 1. The molecule has 1 N–H and O–H groups in total. The molecule has 0 amide bonds. The lowest BCUT2D eigenvalue weighted by atomic mass is 10.1. The maximum absolute atomic E-state index is 13.0. The Kier molecular flexibility index (Phi) is 4.42. The minimum atomic E-state index is -3.96. The van der Waals surface area contributed by atoms with Crippen molar-refractivity contribution in [1.82, 2.24) is 14.1 Å². The Balaban J connectivity index is 2.02. The average Bonchev–Trinajstić information content (AvgIpc) is 3.00. The number of aryl methyl sites for hydroxylation is 1. The fraction of sp³-hybridized carbons (Fsp3) is 0.375. The van der Waals surface area contributed by atoms with Crippen molar-refractivity contribution in [3.8, 4) is 0 Å². The van der Waals surface area contributed by atoms with E-state index in [4.69, 9.17) is 0 Å². The number of benzene rings is 1. The molecule has 24 heavy (non-hydrogen) atoms. The zero-order chi connectivity index (χ0) is 17.3. The maximum atomic E-state index is 13.0. The van der Waals surface area contributed by atoms with Crippen molar-refractivity contribution in [2.75, 3.05) is 7.05 Å². The molecule has 0 bridgehead atoms. The van der Waals surface area contributed by atoms with Crippen LogP contribution in [-0.4, -0.2) is 40.6 Å². The lowest BCUT2D eigenvalue weighted by Gasteiger charge is -2.25. The second-order valence-electron chi connectivity index (χ2n) is 5.81. The van der Waals surface area contributed by atoms with Crippen LogP contribution in [0.4, 0.5) is 0 Å². The van der Waals surface area contributed by atoms with Gasteiger partial charge in [-0.25, -0.2) is 8.42 Å². The summed E-state index contributed by atoms with van der Waals surface area (Å²) in [6.45, 7) is 0.690. The molecule has 1 atom stereocenters. The number of hydrogen-bond acceptors (Lipinski definition) is 4. The first-order chi connectivity index (χ1) is 11.4. The van der Waals surface area contributed by atoms with Gasteiger partial charge in [0.15, 0.2) is 0 Å². The largest absolute Gasteiger partial charge is 0.480 e. The molecular weight excluding hydrogens is 330 g/mol. The van der Waals surface area contributed by atoms with E-state index in [1.54, 1.807) is 35.0 Å². The molecule has 0 aliphatic carbocycles. The van der Waals surface area contributed by atoms with Crippen LogP contribution in [0, 0.1) is 0 Å². The van der Waals surface area contributed by atoms with Gasteiger partial charge in [0.2, 0.25) is 10.0 Å². The summed E-state index contributed by atoms with van der Waals surface area (Å²) in [6, 6.07) is 7.07. The van der Waals surface area contributed by atoms with Crippen LogP contribution in [0.25, 0.3) is 0 Å². The van der Waals surface area contributed by atoms with Gasteiger partial charge in [0.25, 0.3) is 0 Å². The van der Waals surface area contributed by atoms with Crippen LogP contribution in [-0.2, 0) is 27.8 Å². The molecule has 3 rings (SSSR count). The van der Waals surface area contributed by atoms with Crippen molar-refractivity contribution < 1.29 is 18.3 Å². The number of sulfonamides is 1. The minimum Gasteiger partial charge on any atom is -0.480 e. The van der Waals surface area contributed by atoms with Gasteiger partial charge in [-0.05, 0) is 24.8 Å². The summed E-state index contributed by atoms with van der Waals surface area (Å²) in [4.78, 5) is 11.8. The Morgan fingerprint density at radius 1 is 1.29 bits per heavy atom. The first kappa shape index (κ1) is 16.7. The Hall–Kier alpha value is -2.19. The number of aliphatic carboxylic acids is 1. The summed E-state index contributed by atoms with van der Waals surface area (Å²) in [5.74, 6) is -1.21. The molecule has 0 saturated carbocycles. The molecule has 8 heteroatoms. The lowest BCUT2D eigenvalue weighted by molar-refractivity contribution is -0.141. The number of aromatic nitrogens is 2. The van der Waals surface area contributed by atoms with Crippen LogP contribution in [0.2, 0.25) is 0 Å². The van der Waals surface area contributed by atoms with E-state index >= 15 is 0 Å². The molecule has 128 valence electrons. The predicted octanol–water partition coefficient (Wildman–Crippen LogP) is 1.67. The van der Waals surface area contributed by atoms with Gasteiger partial charge >= 0.3 is 5.97 Å². The Bertz CT molecular complexity index is 845. The van der Waals surface area contributed by atoms with Gasteiger partial charge in [-0.15, -0.1) is 0 Å². The highest BCUT2D eigenvalue weighted by Crippen LogP contribution is 2.30. The summed E-state index contributed by atoms with van der Waals surface area (Å²) >= 11 is 0. The van der Waals surface area contributed by atoms with Crippen molar-refractivity contribution in [2.45, 2.75) is 36.7 Å². The zero-order valence-electron chi connectivity index (χ0n) is 13.3. The van der Waals surface area contributed by atoms with Crippen molar-refractivity contribution >= 4 is 16.0 Å². The highest BCUT2D eigenvalue weighted by molar-refractivity contribution is 7.89. The molecule has 0 saturated heterocycles. The molecule has 0 spiro atoms. The predicted molar refractivity (Wildman–Crippen MR) is 86.9 cm³/mol. The van der Waals surface area contributed by atoms with Crippen molar-refractivity contribution in [3.63, 3.8) is 0 Å². The third kappa shape index (κ3) is 2.83. The molecule has 1 unspecified atom stereocenters. The fourth-order valence-corrected chi connectivity index (χ4v) is 4.53. The number of carbonyl (C=O) groups is 1. The van der Waals surface area contributed by atoms with Crippen LogP contribution >= 0.6 is 0 Å². The Morgan fingerprint density at radius 3 is 2.67 bits per heavy atom. The van der Waals surface area contributed by atoms with Crippen LogP contribution in [0.3, 0.4) is 0 Å². The Morgan fingerprint density at radius 2 is 2.00 bits per heavy atom. The first-order valence-electron chi connectivity index (χ1n) is 7.73. The van der Waals surface area contributed by atoms with Gasteiger partial charge in [-0.2, -0.15) is 9.40 Å².